The molecule has 138 valence electrons. The van der Waals surface area contributed by atoms with Crippen molar-refractivity contribution in [3.8, 4) is 0 Å². The van der Waals surface area contributed by atoms with E-state index < -0.39 is 0 Å². The Labute approximate surface area is 158 Å². The molecule has 0 aliphatic carbocycles. The van der Waals surface area contributed by atoms with Gasteiger partial charge < -0.3 is 10.0 Å². The Kier molecular flexibility index (Phi) is 4.43. The minimum absolute atomic E-state index is 0.267. The highest BCUT2D eigenvalue weighted by atomic mass is 32.1. The molecule has 5 heterocycles. The maximum atomic E-state index is 9.49. The van der Waals surface area contributed by atoms with Crippen LogP contribution in [0.15, 0.2) is 23.0 Å². The summed E-state index contributed by atoms with van der Waals surface area (Å²) < 4.78 is 0. The van der Waals surface area contributed by atoms with E-state index in [1.54, 1.807) is 11.3 Å². The first-order valence-electron chi connectivity index (χ1n) is 9.80. The number of rotatable bonds is 4. The second-order valence-electron chi connectivity index (χ2n) is 7.96. The average molecular weight is 371 g/mol. The largest absolute Gasteiger partial charge is 0.396 e. The molecule has 6 heteroatoms. The molecule has 5 nitrogen and oxygen atoms in total. The van der Waals surface area contributed by atoms with Crippen LogP contribution in [0.1, 0.15) is 48.5 Å². The van der Waals surface area contributed by atoms with Crippen LogP contribution in [0.2, 0.25) is 0 Å². The second-order valence-corrected chi connectivity index (χ2v) is 8.74. The van der Waals surface area contributed by atoms with Crippen molar-refractivity contribution in [1.29, 1.82) is 0 Å². The van der Waals surface area contributed by atoms with Gasteiger partial charge in [0.1, 0.15) is 0 Å². The molecule has 3 atom stereocenters. The lowest BCUT2D eigenvalue weighted by molar-refractivity contribution is 0.166. The van der Waals surface area contributed by atoms with E-state index in [-0.39, 0.29) is 6.61 Å². The van der Waals surface area contributed by atoms with Crippen LogP contribution in [-0.2, 0) is 13.0 Å². The van der Waals surface area contributed by atoms with Crippen LogP contribution >= 0.6 is 11.3 Å². The number of aromatic nitrogens is 2. The number of nitrogens with zero attached hydrogens (tertiary/aromatic N) is 4. The molecule has 3 aliphatic heterocycles. The SMILES string of the molecule is OC[C@H]1CCCN(c2ncc3c(n2)C[C@@H]2CC[C@H]3N2Cc2ccsc2)C1. The van der Waals surface area contributed by atoms with Gasteiger partial charge in [-0.05, 0) is 54.0 Å². The number of hydrogen-bond acceptors (Lipinski definition) is 6. The van der Waals surface area contributed by atoms with E-state index in [0.717, 1.165) is 44.8 Å². The third kappa shape index (κ3) is 2.94. The molecule has 0 radical (unpaired) electrons. The van der Waals surface area contributed by atoms with Crippen LogP contribution in [0.25, 0.3) is 0 Å². The van der Waals surface area contributed by atoms with Crippen molar-refractivity contribution < 1.29 is 5.11 Å². The van der Waals surface area contributed by atoms with Crippen molar-refractivity contribution in [2.45, 2.75) is 50.7 Å². The van der Waals surface area contributed by atoms with Crippen LogP contribution in [0.4, 0.5) is 5.95 Å². The molecule has 0 amide bonds. The molecule has 5 rings (SSSR count). The molecule has 0 saturated carbocycles. The van der Waals surface area contributed by atoms with Gasteiger partial charge in [0.15, 0.2) is 0 Å². The van der Waals surface area contributed by atoms with Crippen LogP contribution in [0, 0.1) is 5.92 Å². The van der Waals surface area contributed by atoms with Crippen molar-refractivity contribution in [2.75, 3.05) is 24.6 Å². The zero-order valence-electron chi connectivity index (χ0n) is 15.0. The number of hydrogen-bond donors (Lipinski definition) is 1. The minimum Gasteiger partial charge on any atom is -0.396 e. The number of fused-ring (bicyclic) bond motifs is 4. The fraction of sp³-hybridized carbons (Fsp3) is 0.600. The molecule has 26 heavy (non-hydrogen) atoms. The Hall–Kier alpha value is -1.50. The molecule has 1 N–H and O–H groups in total. The molecular weight excluding hydrogens is 344 g/mol. The van der Waals surface area contributed by atoms with E-state index >= 15 is 0 Å². The Morgan fingerprint density at radius 2 is 2.23 bits per heavy atom. The van der Waals surface area contributed by atoms with Gasteiger partial charge in [0.05, 0.1) is 5.69 Å². The first-order chi connectivity index (χ1) is 12.8. The Morgan fingerprint density at radius 3 is 3.08 bits per heavy atom. The molecule has 0 aromatic carbocycles. The lowest BCUT2D eigenvalue weighted by Gasteiger charge is -2.36. The van der Waals surface area contributed by atoms with Gasteiger partial charge in [-0.15, -0.1) is 0 Å². The third-order valence-corrected chi connectivity index (χ3v) is 7.06. The maximum Gasteiger partial charge on any atom is 0.225 e. The normalized spacial score (nSPS) is 28.3. The summed E-state index contributed by atoms with van der Waals surface area (Å²) in [6.45, 7) is 3.20. The molecule has 2 saturated heterocycles. The Morgan fingerprint density at radius 1 is 1.27 bits per heavy atom. The summed E-state index contributed by atoms with van der Waals surface area (Å²) in [6.07, 6.45) is 7.85. The van der Waals surface area contributed by atoms with Crippen molar-refractivity contribution in [3.05, 3.63) is 39.8 Å². The zero-order chi connectivity index (χ0) is 17.5. The van der Waals surface area contributed by atoms with Crippen molar-refractivity contribution in [3.63, 3.8) is 0 Å². The van der Waals surface area contributed by atoms with Gasteiger partial charge >= 0.3 is 0 Å². The van der Waals surface area contributed by atoms with E-state index in [1.807, 2.05) is 0 Å². The van der Waals surface area contributed by atoms with E-state index in [2.05, 4.69) is 32.8 Å². The molecule has 0 unspecified atom stereocenters. The Balaban J connectivity index is 1.38. The number of aliphatic hydroxyl groups is 1. The van der Waals surface area contributed by atoms with E-state index in [1.165, 1.54) is 29.7 Å². The van der Waals surface area contributed by atoms with E-state index in [9.17, 15) is 5.11 Å². The van der Waals surface area contributed by atoms with Crippen LogP contribution in [0.5, 0.6) is 0 Å². The standard InChI is InChI=1S/C20H26N4OS/c25-12-14-2-1-6-23(10-14)20-21-9-17-18(22-20)8-16-3-4-19(17)24(16)11-15-5-7-26-13-15/h5,7,9,13-14,16,19,25H,1-4,6,8,10-12H2/t14-,16-,19+/m0/s1. The summed E-state index contributed by atoms with van der Waals surface area (Å²) in [5.41, 5.74) is 4.03. The van der Waals surface area contributed by atoms with E-state index in [4.69, 9.17) is 9.97 Å². The summed E-state index contributed by atoms with van der Waals surface area (Å²) >= 11 is 1.78. The van der Waals surface area contributed by atoms with E-state index in [0.29, 0.717) is 18.0 Å². The van der Waals surface area contributed by atoms with Gasteiger partial charge in [0.25, 0.3) is 0 Å². The molecule has 2 aromatic heterocycles. The lowest BCUT2D eigenvalue weighted by atomic mass is 9.98. The molecule has 0 spiro atoms. The molecule has 2 fully saturated rings. The predicted molar refractivity (Wildman–Crippen MR) is 103 cm³/mol. The Bertz CT molecular complexity index is 765. The first kappa shape index (κ1) is 16.7. The third-order valence-electron chi connectivity index (χ3n) is 6.32. The predicted octanol–water partition coefficient (Wildman–Crippen LogP) is 3.01. The smallest absolute Gasteiger partial charge is 0.225 e. The maximum absolute atomic E-state index is 9.49. The molecular formula is C20H26N4OS. The number of thiophene rings is 1. The number of piperidine rings is 1. The number of anilines is 1. The number of aliphatic hydroxyl groups excluding tert-OH is 1. The molecule has 3 aliphatic rings. The summed E-state index contributed by atoms with van der Waals surface area (Å²) in [5, 5.41) is 13.9. The molecule has 2 bridgehead atoms. The average Bonchev–Trinajstić information content (AvgIpc) is 3.29. The van der Waals surface area contributed by atoms with Gasteiger partial charge in [-0.1, -0.05) is 0 Å². The fourth-order valence-electron chi connectivity index (χ4n) is 4.95. The topological polar surface area (TPSA) is 52.5 Å². The highest BCUT2D eigenvalue weighted by Crippen LogP contribution is 2.44. The van der Waals surface area contributed by atoms with Gasteiger partial charge in [-0.2, -0.15) is 11.3 Å². The fourth-order valence-corrected chi connectivity index (χ4v) is 5.61. The monoisotopic (exact) mass is 370 g/mol. The van der Waals surface area contributed by atoms with Crippen molar-refractivity contribution in [1.82, 2.24) is 14.9 Å². The molecule has 2 aromatic rings. The summed E-state index contributed by atoms with van der Waals surface area (Å²) in [7, 11) is 0. The van der Waals surface area contributed by atoms with Crippen molar-refractivity contribution >= 4 is 17.3 Å². The quantitative estimate of drug-likeness (QED) is 0.897. The van der Waals surface area contributed by atoms with Crippen molar-refractivity contribution in [2.24, 2.45) is 5.92 Å². The highest BCUT2D eigenvalue weighted by molar-refractivity contribution is 7.07. The van der Waals surface area contributed by atoms with Gasteiger partial charge in [-0.3, -0.25) is 4.90 Å². The van der Waals surface area contributed by atoms with Gasteiger partial charge in [-0.25, -0.2) is 9.97 Å². The highest BCUT2D eigenvalue weighted by Gasteiger charge is 2.41. The zero-order valence-corrected chi connectivity index (χ0v) is 15.9. The minimum atomic E-state index is 0.267. The van der Waals surface area contributed by atoms with Crippen LogP contribution in [-0.4, -0.2) is 45.7 Å². The summed E-state index contributed by atoms with van der Waals surface area (Å²) in [5.74, 6) is 1.23. The lowest BCUT2D eigenvalue weighted by Crippen LogP contribution is -2.40. The summed E-state index contributed by atoms with van der Waals surface area (Å²) in [6, 6.07) is 3.33. The van der Waals surface area contributed by atoms with Gasteiger partial charge in [0.2, 0.25) is 5.95 Å². The van der Waals surface area contributed by atoms with Gasteiger partial charge in [0, 0.05) is 56.5 Å². The van der Waals surface area contributed by atoms with Crippen LogP contribution in [0.3, 0.4) is 0 Å². The second kappa shape index (κ2) is 6.91. The van der Waals surface area contributed by atoms with Crippen LogP contribution < -0.4 is 4.90 Å². The summed E-state index contributed by atoms with van der Waals surface area (Å²) in [4.78, 5) is 14.7. The first-order valence-corrected chi connectivity index (χ1v) is 10.7.